The summed E-state index contributed by atoms with van der Waals surface area (Å²) in [4.78, 5) is 3.59. The third-order valence-electron chi connectivity index (χ3n) is 8.49. The highest BCUT2D eigenvalue weighted by Gasteiger charge is 2.19. The zero-order valence-electron chi connectivity index (χ0n) is 23.4. The smallest absolute Gasteiger partial charge is 0.205 e. The van der Waals surface area contributed by atoms with E-state index in [0.717, 1.165) is 49.9 Å². The van der Waals surface area contributed by atoms with Crippen molar-refractivity contribution in [2.45, 2.75) is 6.92 Å². The van der Waals surface area contributed by atoms with Crippen LogP contribution in [0.1, 0.15) is 11.1 Å². The number of hydrogen-bond acceptors (Lipinski definition) is 1. The van der Waals surface area contributed by atoms with Crippen molar-refractivity contribution in [3.63, 3.8) is 0 Å². The topological polar surface area (TPSA) is 38.0 Å². The van der Waals surface area contributed by atoms with Crippen LogP contribution in [0.25, 0.3) is 71.0 Å². The lowest BCUT2D eigenvalue weighted by atomic mass is 9.98. The summed E-state index contributed by atoms with van der Waals surface area (Å²) in [5.74, 6) is 0. The van der Waals surface area contributed by atoms with Crippen LogP contribution in [-0.4, -0.2) is 9.13 Å². The number of aryl methyl sites for hydroxylation is 1. The maximum absolute atomic E-state index is 9.81. The quantitative estimate of drug-likeness (QED) is 0.202. The normalized spacial score (nSPS) is 11.3. The van der Waals surface area contributed by atoms with Gasteiger partial charge in [0.1, 0.15) is 0 Å². The summed E-state index contributed by atoms with van der Waals surface area (Å²) in [6.45, 7) is 9.54. The molecule has 0 unspecified atom stereocenters. The minimum atomic E-state index is 0.383. The van der Waals surface area contributed by atoms with Gasteiger partial charge in [-0.15, -0.1) is 0 Å². The Kier molecular flexibility index (Phi) is 5.44. The van der Waals surface area contributed by atoms with Gasteiger partial charge in [-0.05, 0) is 72.1 Å². The van der Waals surface area contributed by atoms with E-state index in [1.807, 2.05) is 25.1 Å². The number of fused-ring (bicyclic) bond motifs is 6. The first-order chi connectivity index (χ1) is 21.2. The highest BCUT2D eigenvalue weighted by atomic mass is 15.0. The first kappa shape index (κ1) is 24.7. The summed E-state index contributed by atoms with van der Waals surface area (Å²) < 4.78 is 4.57. The van der Waals surface area contributed by atoms with Crippen LogP contribution in [0.2, 0.25) is 0 Å². The van der Waals surface area contributed by atoms with Crippen molar-refractivity contribution in [3.8, 4) is 28.6 Å². The fourth-order valence-corrected chi connectivity index (χ4v) is 6.62. The van der Waals surface area contributed by atoms with Crippen LogP contribution >= 0.6 is 0 Å². The minimum Gasteiger partial charge on any atom is -0.309 e. The Morgan fingerprint density at radius 3 is 2.07 bits per heavy atom. The third-order valence-corrected chi connectivity index (χ3v) is 8.49. The lowest BCUT2D eigenvalue weighted by Crippen LogP contribution is -1.98. The SMILES string of the molecule is [C-]#[N+]c1cc(C)c(-n2c3ccccc3c3c(-c4ccc5c(c4)c4ccccc4n5-c4ccccc4)cccc32)cc1C#N. The molecule has 0 fully saturated rings. The van der Waals surface area contributed by atoms with Gasteiger partial charge in [0.2, 0.25) is 5.69 Å². The van der Waals surface area contributed by atoms with Crippen LogP contribution in [0.3, 0.4) is 0 Å². The first-order valence-corrected chi connectivity index (χ1v) is 14.2. The summed E-state index contributed by atoms with van der Waals surface area (Å²) in [6.07, 6.45) is 0. The van der Waals surface area contributed by atoms with Gasteiger partial charge in [0.25, 0.3) is 0 Å². The van der Waals surface area contributed by atoms with Crippen LogP contribution in [0.4, 0.5) is 5.69 Å². The summed E-state index contributed by atoms with van der Waals surface area (Å²) in [5.41, 5.74) is 10.6. The van der Waals surface area contributed by atoms with E-state index >= 15 is 0 Å². The number of para-hydroxylation sites is 3. The van der Waals surface area contributed by atoms with Crippen LogP contribution in [0, 0.1) is 24.8 Å². The van der Waals surface area contributed by atoms with Crippen LogP contribution in [0.5, 0.6) is 0 Å². The number of rotatable bonds is 3. The molecule has 2 heterocycles. The molecule has 8 rings (SSSR count). The minimum absolute atomic E-state index is 0.383. The number of hydrogen-bond donors (Lipinski definition) is 0. The van der Waals surface area contributed by atoms with E-state index in [0.29, 0.717) is 11.3 Å². The molecule has 0 radical (unpaired) electrons. The highest BCUT2D eigenvalue weighted by Crippen LogP contribution is 2.41. The molecule has 4 nitrogen and oxygen atoms in total. The van der Waals surface area contributed by atoms with E-state index in [1.165, 1.54) is 21.8 Å². The zero-order chi connectivity index (χ0) is 29.1. The zero-order valence-corrected chi connectivity index (χ0v) is 23.4. The summed E-state index contributed by atoms with van der Waals surface area (Å²) >= 11 is 0. The van der Waals surface area contributed by atoms with Crippen molar-refractivity contribution >= 4 is 49.3 Å². The average Bonchev–Trinajstić information content (AvgIpc) is 3.57. The molecular weight excluding hydrogens is 524 g/mol. The van der Waals surface area contributed by atoms with Crippen molar-refractivity contribution in [3.05, 3.63) is 150 Å². The molecule has 0 N–H and O–H groups in total. The fourth-order valence-electron chi connectivity index (χ4n) is 6.62. The molecule has 4 heteroatoms. The third kappa shape index (κ3) is 3.61. The lowest BCUT2D eigenvalue weighted by molar-refractivity contribution is 1.15. The van der Waals surface area contributed by atoms with Crippen molar-refractivity contribution in [1.82, 2.24) is 9.13 Å². The number of nitrogens with zero attached hydrogens (tertiary/aromatic N) is 4. The van der Waals surface area contributed by atoms with Gasteiger partial charge >= 0.3 is 0 Å². The van der Waals surface area contributed by atoms with Gasteiger partial charge < -0.3 is 9.13 Å². The number of benzene rings is 6. The largest absolute Gasteiger partial charge is 0.309 e. The van der Waals surface area contributed by atoms with Gasteiger partial charge in [-0.25, -0.2) is 4.85 Å². The van der Waals surface area contributed by atoms with Crippen molar-refractivity contribution < 1.29 is 0 Å². The van der Waals surface area contributed by atoms with Crippen LogP contribution in [-0.2, 0) is 0 Å². The maximum Gasteiger partial charge on any atom is 0.205 e. The van der Waals surface area contributed by atoms with Gasteiger partial charge in [0.15, 0.2) is 0 Å². The molecule has 0 aliphatic carbocycles. The number of aromatic nitrogens is 2. The van der Waals surface area contributed by atoms with E-state index in [-0.39, 0.29) is 0 Å². The molecule has 0 aliphatic rings. The van der Waals surface area contributed by atoms with Gasteiger partial charge in [-0.1, -0.05) is 78.9 Å². The van der Waals surface area contributed by atoms with Crippen LogP contribution in [0.15, 0.2) is 127 Å². The van der Waals surface area contributed by atoms with Gasteiger partial charge in [-0.2, -0.15) is 5.26 Å². The Morgan fingerprint density at radius 2 is 1.30 bits per heavy atom. The Labute approximate surface area is 248 Å². The van der Waals surface area contributed by atoms with Gasteiger partial charge in [-0.3, -0.25) is 0 Å². The Morgan fingerprint density at radius 1 is 0.628 bits per heavy atom. The molecule has 0 saturated carbocycles. The molecule has 0 spiro atoms. The first-order valence-electron chi connectivity index (χ1n) is 14.2. The Bertz CT molecular complexity index is 2480. The highest BCUT2D eigenvalue weighted by molar-refractivity contribution is 6.17. The summed E-state index contributed by atoms with van der Waals surface area (Å²) in [7, 11) is 0. The molecule has 0 bridgehead atoms. The molecule has 200 valence electrons. The molecule has 0 aliphatic heterocycles. The Hall–Kier alpha value is -6.10. The molecule has 8 aromatic rings. The second-order valence-corrected chi connectivity index (χ2v) is 10.9. The van der Waals surface area contributed by atoms with E-state index in [9.17, 15) is 5.26 Å². The van der Waals surface area contributed by atoms with E-state index in [1.54, 1.807) is 0 Å². The lowest BCUT2D eigenvalue weighted by Gasteiger charge is -2.13. The number of nitriles is 1. The molecule has 0 atom stereocenters. The standard InChI is InChI=1S/C39H24N4/c1-25-21-33(41-2)27(24-40)23-38(25)43-35-17-9-7-14-31(35)39-29(15-10-18-37(39)43)26-19-20-36-32(22-26)30-13-6-8-16-34(30)42(36)28-11-4-3-5-12-28/h3-23H,1H3. The molecular formula is C39H24N4. The molecule has 0 saturated heterocycles. The van der Waals surface area contributed by atoms with E-state index < -0.39 is 0 Å². The Balaban J connectivity index is 1.43. The molecule has 2 aromatic heterocycles. The summed E-state index contributed by atoms with van der Waals surface area (Å²) in [5, 5.41) is 14.6. The maximum atomic E-state index is 9.81. The monoisotopic (exact) mass is 548 g/mol. The summed E-state index contributed by atoms with van der Waals surface area (Å²) in [6, 6.07) is 46.7. The second-order valence-electron chi connectivity index (χ2n) is 10.9. The van der Waals surface area contributed by atoms with E-state index in [4.69, 9.17) is 6.57 Å². The predicted octanol–water partition coefficient (Wildman–Crippen LogP) is 10.3. The molecule has 0 amide bonds. The van der Waals surface area contributed by atoms with Crippen LogP contribution < -0.4 is 0 Å². The predicted molar refractivity (Wildman–Crippen MR) is 176 cm³/mol. The molecule has 43 heavy (non-hydrogen) atoms. The van der Waals surface area contributed by atoms with Crippen molar-refractivity contribution in [2.24, 2.45) is 0 Å². The van der Waals surface area contributed by atoms with Gasteiger partial charge in [0, 0.05) is 32.9 Å². The van der Waals surface area contributed by atoms with E-state index in [2.05, 4.69) is 129 Å². The van der Waals surface area contributed by atoms with Crippen molar-refractivity contribution in [1.29, 1.82) is 5.26 Å². The second kappa shape index (κ2) is 9.48. The average molecular weight is 549 g/mol. The molecule has 6 aromatic carbocycles. The van der Waals surface area contributed by atoms with Crippen molar-refractivity contribution in [2.75, 3.05) is 0 Å². The van der Waals surface area contributed by atoms with Gasteiger partial charge in [0.05, 0.1) is 40.3 Å². The fraction of sp³-hybridized carbons (Fsp3) is 0.0256.